The molecule has 0 spiro atoms. The van der Waals surface area contributed by atoms with Crippen molar-refractivity contribution in [3.05, 3.63) is 0 Å². The van der Waals surface area contributed by atoms with Crippen LogP contribution in [0.15, 0.2) is 0 Å². The number of carboxylic acids is 6. The summed E-state index contributed by atoms with van der Waals surface area (Å²) in [7, 11) is 0. The van der Waals surface area contributed by atoms with Gasteiger partial charge in [0, 0.05) is 54.0 Å². The van der Waals surface area contributed by atoms with E-state index in [1.807, 2.05) is 13.8 Å². The number of carboxylic acid groups (broad SMARTS) is 6. The van der Waals surface area contributed by atoms with E-state index in [9.17, 15) is 9.59 Å². The van der Waals surface area contributed by atoms with Gasteiger partial charge in [-0.1, -0.05) is 0 Å². The molecule has 0 aliphatic carbocycles. The van der Waals surface area contributed by atoms with Crippen molar-refractivity contribution in [3.8, 4) is 0 Å². The molecule has 0 saturated carbocycles. The molecule has 0 aliphatic rings. The number of aliphatic hydroxyl groups is 2. The van der Waals surface area contributed by atoms with Gasteiger partial charge in [0.2, 0.25) is 0 Å². The maximum absolute atomic E-state index is 9.29. The predicted molar refractivity (Wildman–Crippen MR) is 151 cm³/mol. The molecule has 0 saturated heterocycles. The van der Waals surface area contributed by atoms with E-state index in [0.717, 1.165) is 40.9 Å². The highest BCUT2D eigenvalue weighted by atomic mass is 32.1. The first kappa shape index (κ1) is 60.7. The lowest BCUT2D eigenvalue weighted by atomic mass is 10.7. The summed E-state index contributed by atoms with van der Waals surface area (Å²) in [6.07, 6.45) is 0. The van der Waals surface area contributed by atoms with E-state index >= 15 is 0 Å². The number of aliphatic carboxylic acids is 6. The minimum atomic E-state index is -0.881. The quantitative estimate of drug-likeness (QED) is 0.163. The van der Waals surface area contributed by atoms with Gasteiger partial charge in [0.25, 0.3) is 23.9 Å². The Bertz CT molecular complexity index is 439. The summed E-state index contributed by atoms with van der Waals surface area (Å²) in [5.74, 6) is -5.26. The molecule has 39 heavy (non-hydrogen) atoms. The predicted octanol–water partition coefficient (Wildman–Crippen LogP) is -0.717. The van der Waals surface area contributed by atoms with Gasteiger partial charge in [-0.25, -0.2) is 0 Å². The van der Waals surface area contributed by atoms with Crippen LogP contribution < -0.4 is 11.5 Å². The Morgan fingerprint density at radius 3 is 0.692 bits per heavy atom. The van der Waals surface area contributed by atoms with Gasteiger partial charge >= 0.3 is 11.9 Å². The SMILES string of the molecule is CC(=O)O.CC(=O)O.CC(=O)O.CC(=O)O.CCOCC.NCCN.O=C(O)CS.O=C(O)CS.OCCO. The fourth-order valence-electron chi connectivity index (χ4n) is 0.204. The highest BCUT2D eigenvalue weighted by Crippen LogP contribution is 1.67. The van der Waals surface area contributed by atoms with Crippen LogP contribution in [0.4, 0.5) is 0 Å². The van der Waals surface area contributed by atoms with Crippen molar-refractivity contribution in [2.45, 2.75) is 41.5 Å². The number of hydrogen-bond acceptors (Lipinski definition) is 13. The van der Waals surface area contributed by atoms with Crippen molar-refractivity contribution in [2.24, 2.45) is 11.5 Å². The molecule has 0 aromatic rings. The van der Waals surface area contributed by atoms with E-state index in [1.165, 1.54) is 0 Å². The van der Waals surface area contributed by atoms with Gasteiger partial charge in [-0.3, -0.25) is 28.8 Å². The zero-order valence-electron chi connectivity index (χ0n) is 23.1. The molecule has 0 aromatic heterocycles. The smallest absolute Gasteiger partial charge is 0.313 e. The lowest BCUT2D eigenvalue weighted by Crippen LogP contribution is -2.11. The minimum Gasteiger partial charge on any atom is -0.481 e. The van der Waals surface area contributed by atoms with Gasteiger partial charge in [0.15, 0.2) is 0 Å². The average Bonchev–Trinajstić information content (AvgIpc) is 2.79. The van der Waals surface area contributed by atoms with Crippen LogP contribution in [0, 0.1) is 0 Å². The molecule has 0 fully saturated rings. The van der Waals surface area contributed by atoms with Crippen LogP contribution in [0.3, 0.4) is 0 Å². The summed E-state index contributed by atoms with van der Waals surface area (Å²) < 4.78 is 4.83. The van der Waals surface area contributed by atoms with Gasteiger partial charge in [0.1, 0.15) is 0 Å². The standard InChI is InChI=1S/C4H10O.C2H8N2.2C2H4O2S.4C2H4O2.C2H6O2/c1-3-5-4-2;3-1-2-4;2*3-2(4)1-5;4*1-2(3)4;3-1-2-4/h3-4H2,1-2H3;1-4H2;2*5H,1H2,(H,3,4);4*1H3,(H,3,4);3-4H,1-2H2. The van der Waals surface area contributed by atoms with E-state index in [4.69, 9.17) is 76.2 Å². The molecule has 0 aromatic carbocycles. The Kier molecular flexibility index (Phi) is 109. The molecular formula is C20H48N2O15S2. The van der Waals surface area contributed by atoms with Crippen molar-refractivity contribution in [2.75, 3.05) is 51.0 Å². The fraction of sp³-hybridized carbons (Fsp3) is 0.700. The number of rotatable bonds is 6. The van der Waals surface area contributed by atoms with E-state index in [2.05, 4.69) is 25.3 Å². The third-order valence-electron chi connectivity index (χ3n) is 0.945. The summed E-state index contributed by atoms with van der Waals surface area (Å²) in [5, 5.41) is 60.2. The highest BCUT2D eigenvalue weighted by Gasteiger charge is 1.82. The first-order chi connectivity index (χ1) is 17.7. The van der Waals surface area contributed by atoms with E-state index in [0.29, 0.717) is 13.1 Å². The van der Waals surface area contributed by atoms with Gasteiger partial charge in [-0.2, -0.15) is 25.3 Å². The van der Waals surface area contributed by atoms with Gasteiger partial charge in [-0.15, -0.1) is 0 Å². The molecule has 0 rings (SSSR count). The van der Waals surface area contributed by atoms with Crippen LogP contribution in [0.1, 0.15) is 41.5 Å². The summed E-state index contributed by atoms with van der Waals surface area (Å²) in [5.41, 5.74) is 9.81. The molecule has 0 aliphatic heterocycles. The van der Waals surface area contributed by atoms with Gasteiger partial charge < -0.3 is 57.1 Å². The third kappa shape index (κ3) is 1390. The number of nitrogens with two attached hydrogens (primary N) is 2. The second kappa shape index (κ2) is 70.3. The summed E-state index contributed by atoms with van der Waals surface area (Å²) >= 11 is 6.83. The summed E-state index contributed by atoms with van der Waals surface area (Å²) in [6.45, 7) is 10.9. The maximum atomic E-state index is 9.29. The monoisotopic (exact) mass is 620 g/mol. The third-order valence-corrected chi connectivity index (χ3v) is 1.49. The molecule has 0 unspecified atom stereocenters. The van der Waals surface area contributed by atoms with Crippen molar-refractivity contribution < 1.29 is 74.4 Å². The minimum absolute atomic E-state index is 0.0833. The Morgan fingerprint density at radius 2 is 0.692 bits per heavy atom. The largest absolute Gasteiger partial charge is 0.481 e. The molecule has 17 nitrogen and oxygen atoms in total. The zero-order valence-corrected chi connectivity index (χ0v) is 24.9. The van der Waals surface area contributed by atoms with Crippen LogP contribution in [-0.2, 0) is 33.5 Å². The molecule has 0 heterocycles. The molecule has 0 amide bonds. The summed E-state index contributed by atoms with van der Waals surface area (Å²) in [6, 6.07) is 0. The topological polar surface area (TPSA) is 326 Å². The molecule has 12 N–H and O–H groups in total. The van der Waals surface area contributed by atoms with Crippen molar-refractivity contribution in [1.82, 2.24) is 0 Å². The zero-order chi connectivity index (χ0) is 33.8. The van der Waals surface area contributed by atoms with Crippen molar-refractivity contribution in [3.63, 3.8) is 0 Å². The molecule has 0 bridgehead atoms. The Morgan fingerprint density at radius 1 is 0.564 bits per heavy atom. The second-order valence-electron chi connectivity index (χ2n) is 4.99. The number of carbonyl (C=O) groups is 6. The number of hydrogen-bond donors (Lipinski definition) is 12. The van der Waals surface area contributed by atoms with Gasteiger partial charge in [0.05, 0.1) is 24.7 Å². The fourth-order valence-corrected chi connectivity index (χ4v) is 0.204. The lowest BCUT2D eigenvalue weighted by molar-refractivity contribution is -0.135. The Hall–Kier alpha value is -2.68. The van der Waals surface area contributed by atoms with E-state index < -0.39 is 35.8 Å². The molecule has 0 radical (unpaired) electrons. The van der Waals surface area contributed by atoms with Crippen LogP contribution in [-0.4, -0.2) is 128 Å². The summed E-state index contributed by atoms with van der Waals surface area (Å²) in [4.78, 5) is 54.6. The van der Waals surface area contributed by atoms with Gasteiger partial charge in [-0.05, 0) is 13.8 Å². The Balaban J connectivity index is -0.0000000372. The number of ether oxygens (including phenoxy) is 1. The number of aliphatic hydroxyl groups excluding tert-OH is 2. The van der Waals surface area contributed by atoms with Crippen LogP contribution in [0.2, 0.25) is 0 Å². The van der Waals surface area contributed by atoms with Crippen LogP contribution in [0.25, 0.3) is 0 Å². The van der Waals surface area contributed by atoms with Crippen LogP contribution in [0.5, 0.6) is 0 Å². The molecule has 0 atom stereocenters. The lowest BCUT2D eigenvalue weighted by Gasteiger charge is -1.86. The molecular weight excluding hydrogens is 572 g/mol. The highest BCUT2D eigenvalue weighted by molar-refractivity contribution is 7.81. The normalized spacial score (nSPS) is 7.08. The van der Waals surface area contributed by atoms with Crippen molar-refractivity contribution >= 4 is 61.1 Å². The average molecular weight is 621 g/mol. The first-order valence-corrected chi connectivity index (χ1v) is 11.6. The first-order valence-electron chi connectivity index (χ1n) is 10.3. The van der Waals surface area contributed by atoms with E-state index in [-0.39, 0.29) is 24.7 Å². The van der Waals surface area contributed by atoms with Crippen molar-refractivity contribution in [1.29, 1.82) is 0 Å². The van der Waals surface area contributed by atoms with Crippen LogP contribution >= 0.6 is 25.3 Å². The van der Waals surface area contributed by atoms with E-state index in [1.54, 1.807) is 0 Å². The number of thiol groups is 2. The Labute approximate surface area is 239 Å². The molecule has 240 valence electrons. The maximum Gasteiger partial charge on any atom is 0.313 e. The second-order valence-corrected chi connectivity index (χ2v) is 5.62. The molecule has 19 heteroatoms.